The Morgan fingerprint density at radius 1 is 1.25 bits per heavy atom. The molecule has 0 amide bonds. The van der Waals surface area contributed by atoms with Gasteiger partial charge in [0.1, 0.15) is 0 Å². The Morgan fingerprint density at radius 3 is 2.45 bits per heavy atom. The van der Waals surface area contributed by atoms with Gasteiger partial charge in [0.15, 0.2) is 0 Å². The van der Waals surface area contributed by atoms with Gasteiger partial charge in [-0.1, -0.05) is 36.6 Å². The van der Waals surface area contributed by atoms with Gasteiger partial charge in [0.05, 0.1) is 11.4 Å². The van der Waals surface area contributed by atoms with Crippen molar-refractivity contribution in [3.63, 3.8) is 0 Å². The predicted molar refractivity (Wildman–Crippen MR) is 82.8 cm³/mol. The monoisotopic (exact) mass is 291 g/mol. The minimum absolute atomic E-state index is 0.197. The highest BCUT2D eigenvalue weighted by Crippen LogP contribution is 2.15. The lowest BCUT2D eigenvalue weighted by Crippen LogP contribution is -2.31. The Kier molecular flexibility index (Phi) is 6.50. The van der Waals surface area contributed by atoms with Crippen LogP contribution in [0.1, 0.15) is 25.3 Å². The van der Waals surface area contributed by atoms with Crippen molar-refractivity contribution in [3.05, 3.63) is 42.5 Å². The zero-order valence-corrected chi connectivity index (χ0v) is 12.9. The summed E-state index contributed by atoms with van der Waals surface area (Å²) in [5.74, 6) is 5.87. The molecule has 0 radical (unpaired) electrons. The SMILES string of the molecule is C=CCN(CC#CCCC)S(=O)(=O)c1ccc(C)cc1. The molecule has 0 bridgehead atoms. The van der Waals surface area contributed by atoms with Gasteiger partial charge in [0.25, 0.3) is 0 Å². The first-order valence-corrected chi connectivity index (χ1v) is 8.09. The molecule has 0 saturated heterocycles. The fourth-order valence-electron chi connectivity index (χ4n) is 1.61. The van der Waals surface area contributed by atoms with Crippen LogP contribution in [0.5, 0.6) is 0 Å². The first kappa shape index (κ1) is 16.5. The molecule has 0 aliphatic heterocycles. The molecule has 1 aromatic rings. The van der Waals surface area contributed by atoms with Gasteiger partial charge < -0.3 is 0 Å². The first-order valence-electron chi connectivity index (χ1n) is 6.65. The molecule has 0 aromatic heterocycles. The Balaban J connectivity index is 2.97. The molecular formula is C16H21NO2S. The van der Waals surface area contributed by atoms with Crippen LogP contribution in [0.15, 0.2) is 41.8 Å². The Bertz CT molecular complexity index is 592. The normalized spacial score (nSPS) is 10.9. The highest BCUT2D eigenvalue weighted by molar-refractivity contribution is 7.89. The summed E-state index contributed by atoms with van der Waals surface area (Å²) < 4.78 is 26.4. The van der Waals surface area contributed by atoms with Crippen molar-refractivity contribution >= 4 is 10.0 Å². The van der Waals surface area contributed by atoms with Crippen LogP contribution < -0.4 is 0 Å². The van der Waals surface area contributed by atoms with Crippen molar-refractivity contribution in [2.45, 2.75) is 31.6 Å². The summed E-state index contributed by atoms with van der Waals surface area (Å²) in [4.78, 5) is 0.294. The molecule has 0 spiro atoms. The van der Waals surface area contributed by atoms with Gasteiger partial charge in [-0.3, -0.25) is 0 Å². The summed E-state index contributed by atoms with van der Waals surface area (Å²) >= 11 is 0. The minimum Gasteiger partial charge on any atom is -0.207 e. The average Bonchev–Trinajstić information content (AvgIpc) is 2.42. The summed E-state index contributed by atoms with van der Waals surface area (Å²) in [7, 11) is -3.51. The quantitative estimate of drug-likeness (QED) is 0.597. The van der Waals surface area contributed by atoms with Crippen molar-refractivity contribution < 1.29 is 8.42 Å². The van der Waals surface area contributed by atoms with Crippen LogP contribution in [0, 0.1) is 18.8 Å². The highest BCUT2D eigenvalue weighted by Gasteiger charge is 2.22. The van der Waals surface area contributed by atoms with Crippen molar-refractivity contribution in [2.24, 2.45) is 0 Å². The smallest absolute Gasteiger partial charge is 0.207 e. The van der Waals surface area contributed by atoms with E-state index in [-0.39, 0.29) is 13.1 Å². The molecule has 4 heteroatoms. The number of rotatable bonds is 6. The lowest BCUT2D eigenvalue weighted by Gasteiger charge is -2.18. The molecule has 1 rings (SSSR count). The summed E-state index contributed by atoms with van der Waals surface area (Å²) in [5.41, 5.74) is 1.03. The topological polar surface area (TPSA) is 37.4 Å². The second kappa shape index (κ2) is 7.88. The van der Waals surface area contributed by atoms with Crippen molar-refractivity contribution in [3.8, 4) is 11.8 Å². The third-order valence-electron chi connectivity index (χ3n) is 2.75. The van der Waals surface area contributed by atoms with Gasteiger partial charge in [-0.05, 0) is 25.5 Å². The first-order chi connectivity index (χ1) is 9.52. The van der Waals surface area contributed by atoms with E-state index in [4.69, 9.17) is 0 Å². The molecule has 0 unspecified atom stereocenters. The molecule has 3 nitrogen and oxygen atoms in total. The van der Waals surface area contributed by atoms with E-state index in [1.165, 1.54) is 4.31 Å². The van der Waals surface area contributed by atoms with Gasteiger partial charge >= 0.3 is 0 Å². The summed E-state index contributed by atoms with van der Waals surface area (Å²) in [6, 6.07) is 6.84. The zero-order chi connectivity index (χ0) is 15.0. The minimum atomic E-state index is -3.51. The van der Waals surface area contributed by atoms with E-state index in [1.807, 2.05) is 13.8 Å². The van der Waals surface area contributed by atoms with Gasteiger partial charge in [-0.15, -0.1) is 12.5 Å². The van der Waals surface area contributed by atoms with E-state index in [1.54, 1.807) is 30.3 Å². The Morgan fingerprint density at radius 2 is 1.90 bits per heavy atom. The molecule has 0 aliphatic rings. The van der Waals surface area contributed by atoms with E-state index >= 15 is 0 Å². The van der Waals surface area contributed by atoms with Crippen molar-refractivity contribution in [2.75, 3.05) is 13.1 Å². The molecule has 20 heavy (non-hydrogen) atoms. The number of hydrogen-bond acceptors (Lipinski definition) is 2. The Labute approximate surface area is 122 Å². The van der Waals surface area contributed by atoms with E-state index in [0.717, 1.165) is 18.4 Å². The summed E-state index contributed by atoms with van der Waals surface area (Å²) in [6.45, 7) is 8.04. The highest BCUT2D eigenvalue weighted by atomic mass is 32.2. The van der Waals surface area contributed by atoms with Crippen LogP contribution in [0.4, 0.5) is 0 Å². The number of benzene rings is 1. The van der Waals surface area contributed by atoms with E-state index < -0.39 is 10.0 Å². The van der Waals surface area contributed by atoms with Crippen LogP contribution in [0.2, 0.25) is 0 Å². The molecule has 108 valence electrons. The third-order valence-corrected chi connectivity index (χ3v) is 4.57. The number of unbranched alkanes of at least 4 members (excludes halogenated alkanes) is 1. The standard InChI is InChI=1S/C16H21NO2S/c1-4-6-7-8-14-17(13-5-2)20(18,19)16-11-9-15(3)10-12-16/h5,9-12H,2,4,6,13-14H2,1,3H3. The van der Waals surface area contributed by atoms with Gasteiger partial charge in [-0.25, -0.2) is 8.42 Å². The maximum atomic E-state index is 12.5. The van der Waals surface area contributed by atoms with Crippen molar-refractivity contribution in [1.29, 1.82) is 0 Å². The molecule has 0 aliphatic carbocycles. The van der Waals surface area contributed by atoms with Crippen LogP contribution >= 0.6 is 0 Å². The average molecular weight is 291 g/mol. The maximum absolute atomic E-state index is 12.5. The Hall–Kier alpha value is -1.57. The molecule has 0 N–H and O–H groups in total. The third kappa shape index (κ3) is 4.52. The summed E-state index contributed by atoms with van der Waals surface area (Å²) in [6.07, 6.45) is 3.33. The van der Waals surface area contributed by atoms with Crippen LogP contribution in [0.3, 0.4) is 0 Å². The van der Waals surface area contributed by atoms with Crippen molar-refractivity contribution in [1.82, 2.24) is 4.31 Å². The van der Waals surface area contributed by atoms with Crippen LogP contribution in [-0.2, 0) is 10.0 Å². The van der Waals surface area contributed by atoms with Crippen LogP contribution in [0.25, 0.3) is 0 Å². The van der Waals surface area contributed by atoms with E-state index in [2.05, 4.69) is 18.4 Å². The number of nitrogens with zero attached hydrogens (tertiary/aromatic N) is 1. The van der Waals surface area contributed by atoms with Crippen LogP contribution in [-0.4, -0.2) is 25.8 Å². The fourth-order valence-corrected chi connectivity index (χ4v) is 2.92. The number of hydrogen-bond donors (Lipinski definition) is 0. The fraction of sp³-hybridized carbons (Fsp3) is 0.375. The van der Waals surface area contributed by atoms with Gasteiger partial charge in [-0.2, -0.15) is 4.31 Å². The second-order valence-electron chi connectivity index (χ2n) is 4.50. The molecular weight excluding hydrogens is 270 g/mol. The number of aryl methyl sites for hydroxylation is 1. The molecule has 1 aromatic carbocycles. The van der Waals surface area contributed by atoms with Gasteiger partial charge in [0.2, 0.25) is 10.0 Å². The second-order valence-corrected chi connectivity index (χ2v) is 6.44. The lowest BCUT2D eigenvalue weighted by atomic mass is 10.2. The van der Waals surface area contributed by atoms with E-state index in [0.29, 0.717) is 4.90 Å². The molecule has 0 heterocycles. The lowest BCUT2D eigenvalue weighted by molar-refractivity contribution is 0.478. The zero-order valence-electron chi connectivity index (χ0n) is 12.1. The molecule has 0 saturated carbocycles. The molecule has 0 fully saturated rings. The number of sulfonamides is 1. The predicted octanol–water partition coefficient (Wildman–Crippen LogP) is 2.98. The largest absolute Gasteiger partial charge is 0.244 e. The van der Waals surface area contributed by atoms with E-state index in [9.17, 15) is 8.42 Å². The maximum Gasteiger partial charge on any atom is 0.244 e. The van der Waals surface area contributed by atoms with Gasteiger partial charge in [0, 0.05) is 13.0 Å². The summed E-state index contributed by atoms with van der Waals surface area (Å²) in [5, 5.41) is 0. The molecule has 0 atom stereocenters.